The Labute approximate surface area is 138 Å². The second kappa shape index (κ2) is 6.69. The Morgan fingerprint density at radius 1 is 1.04 bits per heavy atom. The van der Waals surface area contributed by atoms with Gasteiger partial charge in [0.2, 0.25) is 11.6 Å². The summed E-state index contributed by atoms with van der Waals surface area (Å²) in [6.45, 7) is 0. The van der Waals surface area contributed by atoms with Crippen molar-refractivity contribution in [1.29, 1.82) is 0 Å². The fraction of sp³-hybridized carbons (Fsp3) is 0.0625. The van der Waals surface area contributed by atoms with E-state index in [1.54, 1.807) is 36.3 Å². The van der Waals surface area contributed by atoms with Crippen LogP contribution in [0.25, 0.3) is 0 Å². The van der Waals surface area contributed by atoms with Crippen molar-refractivity contribution in [2.24, 2.45) is 0 Å². The monoisotopic (exact) mass is 322 g/mol. The van der Waals surface area contributed by atoms with Crippen molar-refractivity contribution < 1.29 is 4.92 Å². The summed E-state index contributed by atoms with van der Waals surface area (Å²) in [6.07, 6.45) is 2.87. The predicted octanol–water partition coefficient (Wildman–Crippen LogP) is 3.29. The Kier molecular flexibility index (Phi) is 4.28. The summed E-state index contributed by atoms with van der Waals surface area (Å²) in [7, 11) is 1.72. The normalized spacial score (nSPS) is 10.2. The number of aromatic nitrogens is 3. The second-order valence-corrected chi connectivity index (χ2v) is 4.89. The largest absolute Gasteiger partial charge is 0.354 e. The molecule has 0 bridgehead atoms. The van der Waals surface area contributed by atoms with Gasteiger partial charge < -0.3 is 10.2 Å². The quantitative estimate of drug-likeness (QED) is 0.568. The summed E-state index contributed by atoms with van der Waals surface area (Å²) < 4.78 is 0. The third-order valence-electron chi connectivity index (χ3n) is 3.36. The molecule has 0 saturated carbocycles. The molecule has 2 aromatic heterocycles. The van der Waals surface area contributed by atoms with Gasteiger partial charge in [-0.15, -0.1) is 0 Å². The standard InChI is InChI=1S/C16H14N6O2/c1-21(12-7-3-2-4-8-12)16-14(22(23)24)15(18-11-19-16)20-13-9-5-6-10-17-13/h2-11H,1H3,(H,17,18,19,20). The highest BCUT2D eigenvalue weighted by atomic mass is 16.6. The Balaban J connectivity index is 2.04. The Bertz CT molecular complexity index is 842. The summed E-state index contributed by atoms with van der Waals surface area (Å²) in [5.41, 5.74) is 0.567. The van der Waals surface area contributed by atoms with Gasteiger partial charge in [-0.3, -0.25) is 10.1 Å². The summed E-state index contributed by atoms with van der Waals surface area (Å²) in [5, 5.41) is 14.5. The smallest absolute Gasteiger partial charge is 0.324 e. The van der Waals surface area contributed by atoms with Gasteiger partial charge in [-0.2, -0.15) is 0 Å². The van der Waals surface area contributed by atoms with Crippen molar-refractivity contribution in [2.75, 3.05) is 17.3 Å². The first-order valence-electron chi connectivity index (χ1n) is 7.13. The van der Waals surface area contributed by atoms with Crippen LogP contribution in [0, 0.1) is 10.1 Å². The number of nitrogens with zero attached hydrogens (tertiary/aromatic N) is 5. The number of nitrogens with one attached hydrogen (secondary N) is 1. The third kappa shape index (κ3) is 3.12. The fourth-order valence-corrected chi connectivity index (χ4v) is 2.21. The lowest BCUT2D eigenvalue weighted by Gasteiger charge is -2.18. The van der Waals surface area contributed by atoms with Gasteiger partial charge >= 0.3 is 5.69 Å². The highest BCUT2D eigenvalue weighted by Crippen LogP contribution is 2.35. The van der Waals surface area contributed by atoms with E-state index in [4.69, 9.17) is 0 Å². The molecule has 0 spiro atoms. The molecule has 0 amide bonds. The van der Waals surface area contributed by atoms with Crippen LogP contribution in [0.15, 0.2) is 61.1 Å². The predicted molar refractivity (Wildman–Crippen MR) is 90.7 cm³/mol. The minimum Gasteiger partial charge on any atom is -0.324 e. The Hall–Kier alpha value is -3.55. The molecule has 0 aliphatic rings. The van der Waals surface area contributed by atoms with E-state index in [0.29, 0.717) is 5.82 Å². The van der Waals surface area contributed by atoms with Gasteiger partial charge in [0.1, 0.15) is 12.1 Å². The summed E-state index contributed by atoms with van der Waals surface area (Å²) in [6, 6.07) is 14.5. The molecule has 3 aromatic rings. The maximum Gasteiger partial charge on any atom is 0.354 e. The van der Waals surface area contributed by atoms with E-state index in [0.717, 1.165) is 5.69 Å². The highest BCUT2D eigenvalue weighted by Gasteiger charge is 2.26. The number of rotatable bonds is 5. The topological polar surface area (TPSA) is 97.1 Å². The molecule has 120 valence electrons. The molecule has 3 rings (SSSR count). The first-order chi connectivity index (χ1) is 11.7. The molecule has 0 fully saturated rings. The average molecular weight is 322 g/mol. The minimum absolute atomic E-state index is 0.0893. The van der Waals surface area contributed by atoms with E-state index in [1.165, 1.54) is 6.33 Å². The molecule has 1 N–H and O–H groups in total. The number of benzene rings is 1. The third-order valence-corrected chi connectivity index (χ3v) is 3.36. The van der Waals surface area contributed by atoms with E-state index < -0.39 is 4.92 Å². The summed E-state index contributed by atoms with van der Waals surface area (Å²) in [5.74, 6) is 0.749. The zero-order valence-corrected chi connectivity index (χ0v) is 12.8. The lowest BCUT2D eigenvalue weighted by molar-refractivity contribution is -0.383. The molecule has 8 nitrogen and oxygen atoms in total. The van der Waals surface area contributed by atoms with Crippen LogP contribution in [-0.4, -0.2) is 26.9 Å². The van der Waals surface area contributed by atoms with E-state index in [1.807, 2.05) is 30.3 Å². The van der Waals surface area contributed by atoms with Crippen molar-refractivity contribution in [3.8, 4) is 0 Å². The van der Waals surface area contributed by atoms with Crippen molar-refractivity contribution in [2.45, 2.75) is 0 Å². The van der Waals surface area contributed by atoms with Gasteiger partial charge in [-0.1, -0.05) is 24.3 Å². The number of hydrogen-bond donors (Lipinski definition) is 1. The molecule has 1 aromatic carbocycles. The molecular formula is C16H14N6O2. The molecule has 0 unspecified atom stereocenters. The number of para-hydroxylation sites is 1. The SMILES string of the molecule is CN(c1ccccc1)c1ncnc(Nc2ccccn2)c1[N+](=O)[O-]. The van der Waals surface area contributed by atoms with Crippen LogP contribution in [0.4, 0.5) is 28.8 Å². The molecule has 0 atom stereocenters. The van der Waals surface area contributed by atoms with Crippen LogP contribution < -0.4 is 10.2 Å². The van der Waals surface area contributed by atoms with Crippen LogP contribution in [-0.2, 0) is 0 Å². The van der Waals surface area contributed by atoms with Crippen molar-refractivity contribution >= 4 is 28.8 Å². The van der Waals surface area contributed by atoms with E-state index in [2.05, 4.69) is 20.3 Å². The second-order valence-electron chi connectivity index (χ2n) is 4.89. The van der Waals surface area contributed by atoms with E-state index in [9.17, 15) is 10.1 Å². The first-order valence-corrected chi connectivity index (χ1v) is 7.13. The minimum atomic E-state index is -0.500. The van der Waals surface area contributed by atoms with Crippen LogP contribution >= 0.6 is 0 Å². The molecule has 2 heterocycles. The van der Waals surface area contributed by atoms with Gasteiger partial charge in [0.05, 0.1) is 4.92 Å². The Morgan fingerprint density at radius 3 is 2.46 bits per heavy atom. The lowest BCUT2D eigenvalue weighted by atomic mass is 10.3. The number of anilines is 4. The maximum absolute atomic E-state index is 11.6. The molecule has 0 radical (unpaired) electrons. The average Bonchev–Trinajstić information content (AvgIpc) is 2.62. The van der Waals surface area contributed by atoms with Crippen LogP contribution in [0.2, 0.25) is 0 Å². The number of pyridine rings is 1. The van der Waals surface area contributed by atoms with Gasteiger partial charge in [0.15, 0.2) is 0 Å². The summed E-state index contributed by atoms with van der Waals surface area (Å²) in [4.78, 5) is 24.9. The van der Waals surface area contributed by atoms with Gasteiger partial charge in [-0.05, 0) is 24.3 Å². The van der Waals surface area contributed by atoms with Crippen molar-refractivity contribution in [3.63, 3.8) is 0 Å². The molecule has 0 saturated heterocycles. The van der Waals surface area contributed by atoms with Crippen LogP contribution in [0.3, 0.4) is 0 Å². The number of hydrogen-bond acceptors (Lipinski definition) is 7. The van der Waals surface area contributed by atoms with Crippen molar-refractivity contribution in [1.82, 2.24) is 15.0 Å². The van der Waals surface area contributed by atoms with E-state index >= 15 is 0 Å². The van der Waals surface area contributed by atoms with Crippen molar-refractivity contribution in [3.05, 3.63) is 71.2 Å². The highest BCUT2D eigenvalue weighted by molar-refractivity contribution is 5.77. The zero-order valence-electron chi connectivity index (χ0n) is 12.8. The Morgan fingerprint density at radius 2 is 1.79 bits per heavy atom. The molecule has 0 aliphatic heterocycles. The molecule has 8 heteroatoms. The van der Waals surface area contributed by atoms with Crippen LogP contribution in [0.1, 0.15) is 0 Å². The molecule has 0 aliphatic carbocycles. The maximum atomic E-state index is 11.6. The molecule has 24 heavy (non-hydrogen) atoms. The van der Waals surface area contributed by atoms with Gasteiger partial charge in [-0.25, -0.2) is 15.0 Å². The zero-order chi connectivity index (χ0) is 16.9. The fourth-order valence-electron chi connectivity index (χ4n) is 2.21. The molecular weight excluding hydrogens is 308 g/mol. The number of nitro groups is 1. The van der Waals surface area contributed by atoms with Crippen LogP contribution in [0.5, 0.6) is 0 Å². The first kappa shape index (κ1) is 15.3. The lowest BCUT2D eigenvalue weighted by Crippen LogP contribution is -2.15. The van der Waals surface area contributed by atoms with E-state index in [-0.39, 0.29) is 17.3 Å². The summed E-state index contributed by atoms with van der Waals surface area (Å²) >= 11 is 0. The van der Waals surface area contributed by atoms with Gasteiger partial charge in [0, 0.05) is 18.9 Å². The van der Waals surface area contributed by atoms with Gasteiger partial charge in [0.25, 0.3) is 0 Å².